The lowest BCUT2D eigenvalue weighted by Crippen LogP contribution is -2.39. The van der Waals surface area contributed by atoms with E-state index >= 15 is 0 Å². The van der Waals surface area contributed by atoms with E-state index < -0.39 is 8.07 Å². The van der Waals surface area contributed by atoms with Gasteiger partial charge in [0.15, 0.2) is 8.07 Å². The van der Waals surface area contributed by atoms with Crippen LogP contribution in [0.4, 0.5) is 0 Å². The van der Waals surface area contributed by atoms with Gasteiger partial charge in [-0.05, 0) is 24.2 Å². The van der Waals surface area contributed by atoms with Gasteiger partial charge in [0.05, 0.1) is 0 Å². The van der Waals surface area contributed by atoms with E-state index in [1.807, 2.05) is 0 Å². The third kappa shape index (κ3) is 3.12. The summed E-state index contributed by atoms with van der Waals surface area (Å²) in [7, 11) is -1.64. The largest absolute Gasteiger partial charge is 0.163 e. The van der Waals surface area contributed by atoms with Crippen molar-refractivity contribution in [3.8, 4) is 11.5 Å². The molecule has 0 spiro atoms. The van der Waals surface area contributed by atoms with Crippen molar-refractivity contribution in [2.45, 2.75) is 20.0 Å². The van der Waals surface area contributed by atoms with Crippen LogP contribution in [-0.4, -0.2) is 8.07 Å². The van der Waals surface area contributed by atoms with E-state index in [0.717, 1.165) is 5.56 Å². The first-order chi connectivity index (χ1) is 8.58. The monoisotopic (exact) mass is 250 g/mol. The molecule has 0 radical (unpaired) electrons. The SMILES string of the molecule is Cc1ccc(C#C[Si](C)(C)c2ccccc2)cc1. The maximum atomic E-state index is 3.50. The van der Waals surface area contributed by atoms with Crippen LogP contribution in [-0.2, 0) is 0 Å². The molecule has 0 atom stereocenters. The number of hydrogen-bond acceptors (Lipinski definition) is 0. The van der Waals surface area contributed by atoms with E-state index in [2.05, 4.69) is 86.1 Å². The molecule has 2 rings (SSSR count). The highest BCUT2D eigenvalue weighted by Gasteiger charge is 2.20. The van der Waals surface area contributed by atoms with Crippen LogP contribution in [0.3, 0.4) is 0 Å². The summed E-state index contributed by atoms with van der Waals surface area (Å²) in [5.41, 5.74) is 5.89. The Kier molecular flexibility index (Phi) is 3.69. The molecule has 0 aromatic heterocycles. The Morgan fingerprint density at radius 3 is 2.06 bits per heavy atom. The molecule has 0 nitrogen and oxygen atoms in total. The molecule has 0 saturated heterocycles. The van der Waals surface area contributed by atoms with E-state index in [1.165, 1.54) is 10.8 Å². The van der Waals surface area contributed by atoms with Gasteiger partial charge < -0.3 is 0 Å². The molecule has 90 valence electrons. The summed E-state index contributed by atoms with van der Waals surface area (Å²) in [6.45, 7) is 6.69. The fourth-order valence-corrected chi connectivity index (χ4v) is 3.42. The van der Waals surface area contributed by atoms with Crippen LogP contribution in [0.2, 0.25) is 13.1 Å². The maximum absolute atomic E-state index is 3.50. The molecule has 0 fully saturated rings. The first-order valence-electron chi connectivity index (χ1n) is 6.23. The summed E-state index contributed by atoms with van der Waals surface area (Å²) in [6, 6.07) is 19.0. The number of aryl methyl sites for hydroxylation is 1. The van der Waals surface area contributed by atoms with Crippen molar-refractivity contribution in [2.24, 2.45) is 0 Å². The molecular weight excluding hydrogens is 232 g/mol. The van der Waals surface area contributed by atoms with Crippen LogP contribution < -0.4 is 5.19 Å². The second-order valence-electron chi connectivity index (χ2n) is 5.11. The van der Waals surface area contributed by atoms with Gasteiger partial charge in [0.2, 0.25) is 0 Å². The van der Waals surface area contributed by atoms with Gasteiger partial charge in [-0.3, -0.25) is 0 Å². The van der Waals surface area contributed by atoms with Crippen LogP contribution in [0.15, 0.2) is 54.6 Å². The molecule has 0 heterocycles. The van der Waals surface area contributed by atoms with Crippen LogP contribution >= 0.6 is 0 Å². The summed E-state index contributed by atoms with van der Waals surface area (Å²) in [6.07, 6.45) is 0. The van der Waals surface area contributed by atoms with Crippen molar-refractivity contribution in [3.05, 3.63) is 65.7 Å². The summed E-state index contributed by atoms with van der Waals surface area (Å²) >= 11 is 0. The van der Waals surface area contributed by atoms with Crippen molar-refractivity contribution < 1.29 is 0 Å². The molecule has 0 aliphatic carbocycles. The van der Waals surface area contributed by atoms with Crippen molar-refractivity contribution in [3.63, 3.8) is 0 Å². The van der Waals surface area contributed by atoms with E-state index in [9.17, 15) is 0 Å². The van der Waals surface area contributed by atoms with Gasteiger partial charge in [-0.25, -0.2) is 0 Å². The number of benzene rings is 2. The van der Waals surface area contributed by atoms with Gasteiger partial charge in [-0.15, -0.1) is 5.54 Å². The van der Waals surface area contributed by atoms with Crippen LogP contribution in [0.25, 0.3) is 0 Å². The highest BCUT2D eigenvalue weighted by Crippen LogP contribution is 2.04. The number of hydrogen-bond donors (Lipinski definition) is 0. The van der Waals surface area contributed by atoms with Gasteiger partial charge in [0.25, 0.3) is 0 Å². The second kappa shape index (κ2) is 5.24. The minimum atomic E-state index is -1.64. The number of rotatable bonds is 1. The van der Waals surface area contributed by atoms with Crippen molar-refractivity contribution in [1.29, 1.82) is 0 Å². The fourth-order valence-electron chi connectivity index (χ4n) is 1.79. The summed E-state index contributed by atoms with van der Waals surface area (Å²) < 4.78 is 0. The lowest BCUT2D eigenvalue weighted by molar-refractivity contribution is 1.46. The maximum Gasteiger partial charge on any atom is 0.163 e. The van der Waals surface area contributed by atoms with Gasteiger partial charge in [-0.1, -0.05) is 67.0 Å². The molecule has 0 aliphatic rings. The first kappa shape index (κ1) is 12.7. The Morgan fingerprint density at radius 1 is 0.833 bits per heavy atom. The van der Waals surface area contributed by atoms with E-state index in [-0.39, 0.29) is 0 Å². The first-order valence-corrected chi connectivity index (χ1v) is 9.23. The van der Waals surface area contributed by atoms with E-state index in [1.54, 1.807) is 0 Å². The third-order valence-electron chi connectivity index (χ3n) is 3.07. The highest BCUT2D eigenvalue weighted by atomic mass is 28.3. The van der Waals surface area contributed by atoms with E-state index in [0.29, 0.717) is 0 Å². The Bertz CT molecular complexity index is 569. The molecule has 2 aromatic rings. The predicted octanol–water partition coefficient (Wildman–Crippen LogP) is 3.50. The molecule has 0 saturated carbocycles. The molecule has 18 heavy (non-hydrogen) atoms. The lowest BCUT2D eigenvalue weighted by Gasteiger charge is -2.14. The Balaban J connectivity index is 2.26. The van der Waals surface area contributed by atoms with Crippen molar-refractivity contribution in [1.82, 2.24) is 0 Å². The Hall–Kier alpha value is -1.78. The predicted molar refractivity (Wildman–Crippen MR) is 81.6 cm³/mol. The van der Waals surface area contributed by atoms with Crippen molar-refractivity contribution in [2.75, 3.05) is 0 Å². The minimum Gasteiger partial charge on any atom is -0.121 e. The van der Waals surface area contributed by atoms with Gasteiger partial charge in [-0.2, -0.15) is 0 Å². The molecular formula is C17H18Si. The zero-order valence-electron chi connectivity index (χ0n) is 11.2. The van der Waals surface area contributed by atoms with Crippen LogP contribution in [0, 0.1) is 18.4 Å². The molecule has 0 amide bonds. The standard InChI is InChI=1S/C17H18Si/c1-15-9-11-16(12-10-15)13-14-18(2,3)17-7-5-4-6-8-17/h4-12H,1-3H3. The second-order valence-corrected chi connectivity index (χ2v) is 9.18. The quantitative estimate of drug-likeness (QED) is 0.537. The highest BCUT2D eigenvalue weighted by molar-refractivity contribution is 6.96. The zero-order valence-corrected chi connectivity index (χ0v) is 12.2. The van der Waals surface area contributed by atoms with Gasteiger partial charge in [0.1, 0.15) is 0 Å². The van der Waals surface area contributed by atoms with E-state index in [4.69, 9.17) is 0 Å². The summed E-state index contributed by atoms with van der Waals surface area (Å²) in [4.78, 5) is 0. The molecule has 0 N–H and O–H groups in total. The zero-order chi connectivity index (χ0) is 13.0. The topological polar surface area (TPSA) is 0 Å². The molecule has 0 unspecified atom stereocenters. The van der Waals surface area contributed by atoms with Crippen LogP contribution in [0.1, 0.15) is 11.1 Å². The normalized spacial score (nSPS) is 10.6. The lowest BCUT2D eigenvalue weighted by atomic mass is 10.2. The smallest absolute Gasteiger partial charge is 0.121 e. The van der Waals surface area contributed by atoms with Crippen LogP contribution in [0.5, 0.6) is 0 Å². The molecule has 1 heteroatoms. The fraction of sp³-hybridized carbons (Fsp3) is 0.176. The average Bonchev–Trinajstić information content (AvgIpc) is 2.39. The van der Waals surface area contributed by atoms with Gasteiger partial charge >= 0.3 is 0 Å². The summed E-state index contributed by atoms with van der Waals surface area (Å²) in [5, 5.41) is 1.39. The minimum absolute atomic E-state index is 1.11. The van der Waals surface area contributed by atoms with Crippen molar-refractivity contribution >= 4 is 13.3 Å². The molecule has 2 aromatic carbocycles. The molecule has 0 bridgehead atoms. The third-order valence-corrected chi connectivity index (χ3v) is 5.59. The van der Waals surface area contributed by atoms with Gasteiger partial charge in [0, 0.05) is 5.56 Å². The summed E-state index contributed by atoms with van der Waals surface area (Å²) in [5.74, 6) is 3.32. The Morgan fingerprint density at radius 2 is 1.44 bits per heavy atom. The Labute approximate surface area is 111 Å². The molecule has 0 aliphatic heterocycles. The average molecular weight is 250 g/mol.